The number of benzene rings is 1. The van der Waals surface area contributed by atoms with Crippen molar-refractivity contribution < 1.29 is 9.59 Å². The molecule has 1 saturated heterocycles. The van der Waals surface area contributed by atoms with Crippen molar-refractivity contribution >= 4 is 23.1 Å². The Morgan fingerprint density at radius 2 is 1.89 bits per heavy atom. The van der Waals surface area contributed by atoms with Crippen LogP contribution in [0.1, 0.15) is 40.9 Å². The van der Waals surface area contributed by atoms with Gasteiger partial charge in [0.25, 0.3) is 5.91 Å². The highest BCUT2D eigenvalue weighted by molar-refractivity contribution is 6.09. The quantitative estimate of drug-likeness (QED) is 0.741. The van der Waals surface area contributed by atoms with E-state index in [0.717, 1.165) is 31.5 Å². The number of fused-ring (bicyclic) bond motifs is 1. The molecule has 144 valence electrons. The van der Waals surface area contributed by atoms with E-state index in [9.17, 15) is 9.59 Å². The summed E-state index contributed by atoms with van der Waals surface area (Å²) in [6.07, 6.45) is 6.87. The third-order valence-electron chi connectivity index (χ3n) is 5.10. The summed E-state index contributed by atoms with van der Waals surface area (Å²) in [6.45, 7) is 3.58. The van der Waals surface area contributed by atoms with Crippen LogP contribution in [0.25, 0.3) is 5.65 Å². The summed E-state index contributed by atoms with van der Waals surface area (Å²) >= 11 is 0. The number of rotatable bonds is 5. The van der Waals surface area contributed by atoms with E-state index in [1.807, 2.05) is 29.2 Å². The molecule has 2 amide bonds. The molecule has 1 aliphatic heterocycles. The number of hydrogen-bond donors (Lipinski definition) is 1. The highest BCUT2D eigenvalue weighted by atomic mass is 16.2. The van der Waals surface area contributed by atoms with E-state index in [4.69, 9.17) is 0 Å². The highest BCUT2D eigenvalue weighted by Gasteiger charge is 2.19. The third-order valence-corrected chi connectivity index (χ3v) is 5.10. The van der Waals surface area contributed by atoms with Crippen LogP contribution < -0.4 is 5.32 Å². The minimum Gasteiger partial charge on any atom is -0.343 e. The minimum atomic E-state index is -0.233. The maximum Gasteiger partial charge on any atom is 0.261 e. The first kappa shape index (κ1) is 18.2. The fraction of sp³-hybridized carbons (Fsp3) is 0.333. The van der Waals surface area contributed by atoms with Crippen LogP contribution in [-0.2, 0) is 11.2 Å². The predicted octanol–water partition coefficient (Wildman–Crippen LogP) is 2.85. The average Bonchev–Trinajstić information content (AvgIpc) is 3.34. The molecule has 3 heterocycles. The summed E-state index contributed by atoms with van der Waals surface area (Å²) in [4.78, 5) is 31.1. The van der Waals surface area contributed by atoms with E-state index in [-0.39, 0.29) is 11.8 Å². The molecule has 0 aliphatic carbocycles. The summed E-state index contributed by atoms with van der Waals surface area (Å²) in [5.74, 6) is -0.00546. The average molecular weight is 377 g/mol. The summed E-state index contributed by atoms with van der Waals surface area (Å²) in [7, 11) is 0. The maximum atomic E-state index is 12.7. The zero-order valence-corrected chi connectivity index (χ0v) is 15.9. The topological polar surface area (TPSA) is 79.6 Å². The van der Waals surface area contributed by atoms with E-state index in [1.54, 1.807) is 29.9 Å². The molecule has 0 spiro atoms. The number of hydrogen-bond acceptors (Lipinski definition) is 4. The van der Waals surface area contributed by atoms with Crippen LogP contribution in [0.15, 0.2) is 42.7 Å². The van der Waals surface area contributed by atoms with E-state index in [2.05, 4.69) is 15.4 Å². The van der Waals surface area contributed by atoms with Crippen molar-refractivity contribution in [3.63, 3.8) is 0 Å². The second-order valence-corrected chi connectivity index (χ2v) is 7.09. The molecule has 3 aromatic rings. The fourth-order valence-corrected chi connectivity index (χ4v) is 3.59. The fourth-order valence-electron chi connectivity index (χ4n) is 3.59. The zero-order chi connectivity index (χ0) is 19.5. The SMILES string of the molecule is Cc1nn2cccnc2c1C(=O)Nc1ccc(CCC(=O)N2CCCC2)cc1. The lowest BCUT2D eigenvalue weighted by atomic mass is 10.1. The Hall–Kier alpha value is -3.22. The van der Waals surface area contributed by atoms with Gasteiger partial charge in [0.05, 0.1) is 5.69 Å². The van der Waals surface area contributed by atoms with Gasteiger partial charge in [-0.2, -0.15) is 5.10 Å². The van der Waals surface area contributed by atoms with Gasteiger partial charge in [0.15, 0.2) is 5.65 Å². The van der Waals surface area contributed by atoms with Crippen LogP contribution >= 0.6 is 0 Å². The van der Waals surface area contributed by atoms with Gasteiger partial charge >= 0.3 is 0 Å². The number of aryl methyl sites for hydroxylation is 2. The van der Waals surface area contributed by atoms with Gasteiger partial charge in [-0.25, -0.2) is 9.50 Å². The number of carbonyl (C=O) groups excluding carboxylic acids is 2. The number of aromatic nitrogens is 3. The molecule has 1 aromatic carbocycles. The van der Waals surface area contributed by atoms with Crippen LogP contribution in [0, 0.1) is 6.92 Å². The van der Waals surface area contributed by atoms with Gasteiger partial charge in [0.2, 0.25) is 5.91 Å². The normalized spacial score (nSPS) is 13.8. The van der Waals surface area contributed by atoms with Crippen molar-refractivity contribution in [1.29, 1.82) is 0 Å². The molecule has 1 N–H and O–H groups in total. The Bertz CT molecular complexity index is 1000. The van der Waals surface area contributed by atoms with Gasteiger partial charge in [-0.1, -0.05) is 12.1 Å². The van der Waals surface area contributed by atoms with Gasteiger partial charge in [-0.3, -0.25) is 9.59 Å². The van der Waals surface area contributed by atoms with Gasteiger partial charge in [0, 0.05) is 37.6 Å². The standard InChI is InChI=1S/C21H23N5O2/c1-15-19(20-22-11-4-14-26(20)24-15)21(28)23-17-8-5-16(6-9-17)7-10-18(27)25-12-2-3-13-25/h4-6,8-9,11,14H,2-3,7,10,12-13H2,1H3,(H,23,28). The Labute approximate surface area is 163 Å². The van der Waals surface area contributed by atoms with Crippen molar-refractivity contribution in [2.45, 2.75) is 32.6 Å². The Morgan fingerprint density at radius 1 is 1.14 bits per heavy atom. The first-order valence-electron chi connectivity index (χ1n) is 9.60. The molecule has 2 aromatic heterocycles. The van der Waals surface area contributed by atoms with Gasteiger partial charge < -0.3 is 10.2 Å². The van der Waals surface area contributed by atoms with Crippen LogP contribution in [0.5, 0.6) is 0 Å². The lowest BCUT2D eigenvalue weighted by Gasteiger charge is -2.15. The number of nitrogens with zero attached hydrogens (tertiary/aromatic N) is 4. The highest BCUT2D eigenvalue weighted by Crippen LogP contribution is 2.17. The van der Waals surface area contributed by atoms with Crippen molar-refractivity contribution in [3.8, 4) is 0 Å². The maximum absolute atomic E-state index is 12.7. The van der Waals surface area contributed by atoms with Crippen molar-refractivity contribution in [2.75, 3.05) is 18.4 Å². The molecule has 28 heavy (non-hydrogen) atoms. The van der Waals surface area contributed by atoms with E-state index >= 15 is 0 Å². The molecule has 7 nitrogen and oxygen atoms in total. The predicted molar refractivity (Wildman–Crippen MR) is 106 cm³/mol. The zero-order valence-electron chi connectivity index (χ0n) is 15.9. The number of nitrogens with one attached hydrogen (secondary N) is 1. The Balaban J connectivity index is 1.39. The second kappa shape index (κ2) is 7.80. The van der Waals surface area contributed by atoms with E-state index in [1.165, 1.54) is 0 Å². The molecule has 4 rings (SSSR count). The summed E-state index contributed by atoms with van der Waals surface area (Å²) in [6, 6.07) is 9.40. The summed E-state index contributed by atoms with van der Waals surface area (Å²) in [5, 5.41) is 7.23. The molecular formula is C21H23N5O2. The smallest absolute Gasteiger partial charge is 0.261 e. The molecule has 0 unspecified atom stereocenters. The van der Waals surface area contributed by atoms with E-state index in [0.29, 0.717) is 35.4 Å². The van der Waals surface area contributed by atoms with Gasteiger partial charge in [-0.15, -0.1) is 0 Å². The molecule has 0 saturated carbocycles. The van der Waals surface area contributed by atoms with Crippen molar-refractivity contribution in [1.82, 2.24) is 19.5 Å². The van der Waals surface area contributed by atoms with Gasteiger partial charge in [-0.05, 0) is 49.9 Å². The lowest BCUT2D eigenvalue weighted by molar-refractivity contribution is -0.130. The summed E-state index contributed by atoms with van der Waals surface area (Å²) in [5.41, 5.74) is 3.43. The molecular weight excluding hydrogens is 354 g/mol. The first-order chi connectivity index (χ1) is 13.6. The van der Waals surface area contributed by atoms with Crippen LogP contribution in [0.2, 0.25) is 0 Å². The Kier molecular flexibility index (Phi) is 5.06. The van der Waals surface area contributed by atoms with E-state index < -0.39 is 0 Å². The summed E-state index contributed by atoms with van der Waals surface area (Å²) < 4.78 is 1.60. The Morgan fingerprint density at radius 3 is 2.64 bits per heavy atom. The molecule has 0 atom stereocenters. The van der Waals surface area contributed by atoms with Crippen molar-refractivity contribution in [2.24, 2.45) is 0 Å². The third kappa shape index (κ3) is 3.74. The molecule has 7 heteroatoms. The molecule has 0 bridgehead atoms. The molecule has 1 fully saturated rings. The van der Waals surface area contributed by atoms with Crippen LogP contribution in [-0.4, -0.2) is 44.4 Å². The van der Waals surface area contributed by atoms with Crippen LogP contribution in [0.4, 0.5) is 5.69 Å². The number of amides is 2. The number of carbonyl (C=O) groups is 2. The monoisotopic (exact) mass is 377 g/mol. The second-order valence-electron chi connectivity index (χ2n) is 7.09. The van der Waals surface area contributed by atoms with Crippen LogP contribution in [0.3, 0.4) is 0 Å². The number of anilines is 1. The first-order valence-corrected chi connectivity index (χ1v) is 9.60. The van der Waals surface area contributed by atoms with Gasteiger partial charge in [0.1, 0.15) is 5.56 Å². The lowest BCUT2D eigenvalue weighted by Crippen LogP contribution is -2.27. The molecule has 1 aliphatic rings. The molecule has 0 radical (unpaired) electrons. The number of likely N-dealkylation sites (tertiary alicyclic amines) is 1. The minimum absolute atomic E-state index is 0.228. The van der Waals surface area contributed by atoms with Crippen molar-refractivity contribution in [3.05, 3.63) is 59.5 Å². The largest absolute Gasteiger partial charge is 0.343 e.